The molecule has 0 rings (SSSR count). The lowest BCUT2D eigenvalue weighted by Gasteiger charge is -2.21. The van der Waals surface area contributed by atoms with E-state index >= 15 is 0 Å². The average molecular weight is 1390 g/mol. The van der Waals surface area contributed by atoms with Crippen molar-refractivity contribution in [1.29, 1.82) is 0 Å². The van der Waals surface area contributed by atoms with Crippen LogP contribution in [0, 0.1) is 28.6 Å². The van der Waals surface area contributed by atoms with Crippen molar-refractivity contribution in [1.82, 2.24) is 0 Å². The summed E-state index contributed by atoms with van der Waals surface area (Å²) in [4.78, 5) is 205. The molecule has 522 valence electrons. The molecule has 6 atom stereocenters. The van der Waals surface area contributed by atoms with Crippen LogP contribution in [0.4, 0.5) is 0 Å². The Morgan fingerprint density at radius 3 is 0.756 bits per heavy atom. The highest BCUT2D eigenvalue weighted by Crippen LogP contribution is 2.24. The van der Waals surface area contributed by atoms with Crippen LogP contribution in [0.3, 0.4) is 0 Å². The SMILES string of the molecule is CCC(C)(C)C(=O)OC[Si](C)(O)O.CCC(C)(C)C(=O)OC[Si](O)(O)O.CCC(C)C(=O)OC[Si](C)(C)O.CCC(C)C(=O)OC[Si](C)(O)O.CCC(C)C(=O)OC[Si](O)(O)O.CCC(C)[Si](C)(C)O.CCC(C)[Si](C)(O)O.CCC(C)[Si](O)(O)O. The van der Waals surface area contributed by atoms with Crippen LogP contribution >= 0.6 is 0 Å². The molecule has 0 aliphatic carbocycles. The van der Waals surface area contributed by atoms with E-state index in [1.54, 1.807) is 75.0 Å². The monoisotopic (exact) mass is 1390 g/mol. The van der Waals surface area contributed by atoms with Gasteiger partial charge < -0.3 is 105 Å². The molecule has 0 saturated heterocycles. The van der Waals surface area contributed by atoms with Gasteiger partial charge >= 0.3 is 81.9 Å². The van der Waals surface area contributed by atoms with Gasteiger partial charge in [-0.1, -0.05) is 110 Å². The van der Waals surface area contributed by atoms with E-state index in [2.05, 4.69) is 28.1 Å². The normalized spacial score (nSPS) is 14.3. The highest BCUT2D eigenvalue weighted by molar-refractivity contribution is 6.71. The van der Waals surface area contributed by atoms with Crippen LogP contribution in [0.25, 0.3) is 0 Å². The molecule has 0 saturated carbocycles. The fourth-order valence-electron chi connectivity index (χ4n) is 3.75. The van der Waals surface area contributed by atoms with Gasteiger partial charge in [0, 0.05) is 5.54 Å². The Labute approximate surface area is 523 Å². The van der Waals surface area contributed by atoms with Crippen molar-refractivity contribution in [2.24, 2.45) is 28.6 Å². The molecule has 6 unspecified atom stereocenters. The second-order valence-electron chi connectivity index (χ2n) is 24.5. The predicted molar refractivity (Wildman–Crippen MR) is 345 cm³/mol. The zero-order chi connectivity index (χ0) is 71.1. The summed E-state index contributed by atoms with van der Waals surface area (Å²) in [5, 5.41) is 0. The van der Waals surface area contributed by atoms with Crippen molar-refractivity contribution in [3.8, 4) is 0 Å². The summed E-state index contributed by atoms with van der Waals surface area (Å²) in [6.45, 7) is 44.6. The maximum Gasteiger partial charge on any atom is 0.532 e. The number of hydrogen-bond acceptors (Lipinski definition) is 27. The van der Waals surface area contributed by atoms with Gasteiger partial charge in [0.05, 0.1) is 28.6 Å². The molecule has 27 nitrogen and oxygen atoms in total. The highest BCUT2D eigenvalue weighted by Gasteiger charge is 2.36. The van der Waals surface area contributed by atoms with Crippen molar-refractivity contribution in [2.45, 2.75) is 238 Å². The molecule has 0 aromatic heterocycles. The fourth-order valence-corrected chi connectivity index (χ4v) is 8.05. The molecule has 17 N–H and O–H groups in total. The molecule has 0 fully saturated rings. The quantitative estimate of drug-likeness (QED) is 0.0336. The minimum Gasteiger partial charge on any atom is -0.466 e. The number of esters is 5. The summed E-state index contributed by atoms with van der Waals surface area (Å²) in [5.41, 5.74) is -0.897. The molecular formula is C51H124O27Si8. The van der Waals surface area contributed by atoms with Gasteiger partial charge in [-0.3, -0.25) is 24.0 Å². The van der Waals surface area contributed by atoms with E-state index < -0.39 is 104 Å². The Morgan fingerprint density at radius 1 is 0.349 bits per heavy atom. The van der Waals surface area contributed by atoms with Crippen LogP contribution in [0.1, 0.15) is 176 Å². The van der Waals surface area contributed by atoms with E-state index in [9.17, 15) is 33.6 Å². The molecule has 86 heavy (non-hydrogen) atoms. The molecule has 0 spiro atoms. The summed E-state index contributed by atoms with van der Waals surface area (Å²) >= 11 is 0. The molecule has 0 aromatic carbocycles. The van der Waals surface area contributed by atoms with Crippen LogP contribution in [0.15, 0.2) is 0 Å². The van der Waals surface area contributed by atoms with Crippen molar-refractivity contribution in [3.05, 3.63) is 0 Å². The van der Waals surface area contributed by atoms with Crippen LogP contribution in [0.5, 0.6) is 0 Å². The third-order valence-corrected chi connectivity index (χ3v) is 23.0. The van der Waals surface area contributed by atoms with Gasteiger partial charge in [-0.05, 0) is 123 Å². The number of ether oxygens (including phenoxy) is 5. The summed E-state index contributed by atoms with van der Waals surface area (Å²) in [5.74, 6) is -2.50. The van der Waals surface area contributed by atoms with Crippen LogP contribution in [-0.2, 0) is 47.7 Å². The summed E-state index contributed by atoms with van der Waals surface area (Å²) in [6.07, 6.45) is 4.26. The maximum absolute atomic E-state index is 11.3. The van der Waals surface area contributed by atoms with E-state index in [0.717, 1.165) is 19.3 Å². The second-order valence-corrected chi connectivity index (χ2v) is 47.4. The van der Waals surface area contributed by atoms with Crippen molar-refractivity contribution < 1.29 is 129 Å². The van der Waals surface area contributed by atoms with Gasteiger partial charge in [0.1, 0.15) is 18.7 Å². The van der Waals surface area contributed by atoms with Crippen molar-refractivity contribution in [3.63, 3.8) is 0 Å². The zero-order valence-electron chi connectivity index (χ0n) is 56.8. The second kappa shape index (κ2) is 47.3. The van der Waals surface area contributed by atoms with E-state index in [0.29, 0.717) is 37.6 Å². The lowest BCUT2D eigenvalue weighted by Crippen LogP contribution is -2.43. The topological polar surface area (TPSA) is 475 Å². The van der Waals surface area contributed by atoms with Crippen LogP contribution in [-0.4, -0.2) is 211 Å². The standard InChI is InChI=1S/C8H18O4Si.C8H18O3Si.C7H16O5Si.C7H16O4Si.C6H14O5Si.C6H16OSi.C5H14O2Si.C4H12O3Si/c1-5-8(2,3)7(9)12-6-13(4,10)11;1-5-7(2)8(9)11-6-12(3,4)10;1-4-7(2,3)6(8)12-5-13(9,10)11;1-4-6(2)7(8)11-5-12(3,9)10;1-3-5(2)6(7)11-4-12(8,9)10;1-5-6(2)8(3,4)7;1-4-5(2)8(3,6)7;1-3-4(2)8(5,6)7/h10-11H,5-6H2,1-4H3;7,10H,5-6H2,1-4H3;9-11H,4-5H2,1-3H3;6,9-10H,4-5H2,1-3H3;5,8-10H,3-4H2,1-2H3;6-7H,5H2,1-4H3;5-7H,4H2,1-3H3;4-7H,3H2,1-2H3. The van der Waals surface area contributed by atoms with Crippen molar-refractivity contribution in [2.75, 3.05) is 31.2 Å². The molecule has 0 bridgehead atoms. The highest BCUT2D eigenvalue weighted by atomic mass is 28.4. The first kappa shape index (κ1) is 101. The molecule has 0 radical (unpaired) electrons. The third-order valence-electron chi connectivity index (χ3n) is 12.9. The molecular weight excluding hydrogens is 1270 g/mol. The Kier molecular flexibility index (Phi) is 55.3. The van der Waals surface area contributed by atoms with Crippen LogP contribution in [0.2, 0.25) is 62.5 Å². The van der Waals surface area contributed by atoms with Gasteiger partial charge in [0.25, 0.3) is 0 Å². The van der Waals surface area contributed by atoms with Gasteiger partial charge in [-0.2, -0.15) is 0 Å². The number of hydrogen-bond donors (Lipinski definition) is 17. The first-order valence-corrected chi connectivity index (χ1v) is 48.9. The van der Waals surface area contributed by atoms with Crippen molar-refractivity contribution >= 4 is 98.6 Å². The Balaban J connectivity index is -0.000000136. The molecule has 0 aliphatic heterocycles. The van der Waals surface area contributed by atoms with Crippen LogP contribution < -0.4 is 0 Å². The number of carbonyl (C=O) groups excluding carboxylic acids is 5. The van der Waals surface area contributed by atoms with Gasteiger partial charge in [-0.25, -0.2) is 0 Å². The minimum atomic E-state index is -4.25. The maximum atomic E-state index is 11.3. The first-order chi connectivity index (χ1) is 37.9. The number of rotatable bonds is 26. The Bertz CT molecular complexity index is 1590. The molecule has 0 amide bonds. The van der Waals surface area contributed by atoms with Gasteiger partial charge in [-0.15, -0.1) is 0 Å². The molecule has 0 aliphatic rings. The lowest BCUT2D eigenvalue weighted by atomic mass is 9.91. The smallest absolute Gasteiger partial charge is 0.466 e. The largest absolute Gasteiger partial charge is 0.532 e. The first-order valence-electron chi connectivity index (χ1n) is 29.1. The summed E-state index contributed by atoms with van der Waals surface area (Å²) < 4.78 is 23.4. The molecule has 0 heterocycles. The van der Waals surface area contributed by atoms with E-state index in [1.165, 1.54) is 13.1 Å². The predicted octanol–water partition coefficient (Wildman–Crippen LogP) is 3.03. The summed E-state index contributed by atoms with van der Waals surface area (Å²) in [7, 11) is -25.5. The number of carbonyl (C=O) groups is 5. The lowest BCUT2D eigenvalue weighted by molar-refractivity contribution is -0.153. The van der Waals surface area contributed by atoms with E-state index in [1.807, 2.05) is 68.5 Å². The average Bonchev–Trinajstić information content (AvgIpc) is 3.37. The Morgan fingerprint density at radius 2 is 0.593 bits per heavy atom. The Hall–Kier alpha value is -1.59. The van der Waals surface area contributed by atoms with E-state index in [4.69, 9.17) is 81.4 Å². The summed E-state index contributed by atoms with van der Waals surface area (Å²) in [6, 6.07) is 0. The van der Waals surface area contributed by atoms with Gasteiger partial charge in [0.2, 0.25) is 8.32 Å². The van der Waals surface area contributed by atoms with Gasteiger partial charge in [0.15, 0.2) is 20.8 Å². The fraction of sp³-hybridized carbons (Fsp3) is 0.902. The zero-order valence-corrected chi connectivity index (χ0v) is 64.8. The van der Waals surface area contributed by atoms with E-state index in [-0.39, 0.29) is 65.4 Å². The molecule has 35 heteroatoms. The molecule has 0 aromatic rings. The third kappa shape index (κ3) is 69.9. The minimum absolute atomic E-state index is 0.0543.